The maximum atomic E-state index is 6.25. The number of halogens is 2. The van der Waals surface area contributed by atoms with Gasteiger partial charge in [-0.3, -0.25) is 4.99 Å². The molecule has 2 aliphatic rings. The van der Waals surface area contributed by atoms with Crippen LogP contribution in [0, 0.1) is 5.41 Å². The normalized spacial score (nSPS) is 20.8. The van der Waals surface area contributed by atoms with Crippen LogP contribution in [0.3, 0.4) is 0 Å². The topological polar surface area (TPSA) is 24.4 Å². The highest BCUT2D eigenvalue weighted by Crippen LogP contribution is 2.46. The van der Waals surface area contributed by atoms with Gasteiger partial charge >= 0.3 is 0 Å². The van der Waals surface area contributed by atoms with Crippen molar-refractivity contribution in [3.63, 3.8) is 0 Å². The standard InChI is InChI=1S/C19H20Cl2N2S/c20-15-9-13-11-19(6-2-1-3-7-19)18(23-17(13)10-16(15)21)22-12-14-5-4-8-24-14/h4-5,8-10H,1-3,6-7,11-12H2,(H,22,23). The van der Waals surface area contributed by atoms with Crippen molar-refractivity contribution in [3.05, 3.63) is 50.1 Å². The number of nitrogens with zero attached hydrogens (tertiary/aromatic N) is 1. The first-order chi connectivity index (χ1) is 11.7. The number of hydrogen-bond acceptors (Lipinski definition) is 2. The van der Waals surface area contributed by atoms with Crippen molar-refractivity contribution in [2.24, 2.45) is 10.4 Å². The lowest BCUT2D eigenvalue weighted by Crippen LogP contribution is -2.43. The molecule has 1 aliphatic carbocycles. The van der Waals surface area contributed by atoms with E-state index in [1.807, 2.05) is 12.1 Å². The summed E-state index contributed by atoms with van der Waals surface area (Å²) >= 11 is 14.2. The summed E-state index contributed by atoms with van der Waals surface area (Å²) in [6.07, 6.45) is 7.28. The molecule has 0 atom stereocenters. The number of aliphatic imine (C=N–C) groups is 1. The van der Waals surface area contributed by atoms with Gasteiger partial charge in [-0.1, -0.05) is 48.5 Å². The molecule has 0 radical (unpaired) electrons. The maximum Gasteiger partial charge on any atom is 0.108 e. The van der Waals surface area contributed by atoms with Gasteiger partial charge in [0.2, 0.25) is 0 Å². The molecule has 24 heavy (non-hydrogen) atoms. The monoisotopic (exact) mass is 378 g/mol. The van der Waals surface area contributed by atoms with Gasteiger partial charge in [0.25, 0.3) is 0 Å². The van der Waals surface area contributed by atoms with Crippen LogP contribution < -0.4 is 5.32 Å². The highest BCUT2D eigenvalue weighted by molar-refractivity contribution is 7.09. The lowest BCUT2D eigenvalue weighted by molar-refractivity contribution is 0.278. The molecule has 1 aromatic heterocycles. The maximum absolute atomic E-state index is 6.25. The number of amidine groups is 1. The molecule has 2 nitrogen and oxygen atoms in total. The van der Waals surface area contributed by atoms with Crippen LogP contribution in [-0.2, 0) is 13.0 Å². The van der Waals surface area contributed by atoms with Crippen LogP contribution in [0.15, 0.2) is 34.6 Å². The average molecular weight is 379 g/mol. The summed E-state index contributed by atoms with van der Waals surface area (Å²) in [5, 5.41) is 6.95. The lowest BCUT2D eigenvalue weighted by Gasteiger charge is -2.42. The van der Waals surface area contributed by atoms with Crippen molar-refractivity contribution in [1.29, 1.82) is 0 Å². The third-order valence-corrected chi connectivity index (χ3v) is 6.80. The highest BCUT2D eigenvalue weighted by Gasteiger charge is 2.41. The van der Waals surface area contributed by atoms with Crippen molar-refractivity contribution in [2.45, 2.75) is 45.1 Å². The lowest BCUT2D eigenvalue weighted by atomic mass is 9.67. The number of rotatable bonds is 2. The molecule has 1 fully saturated rings. The molecule has 0 unspecified atom stereocenters. The van der Waals surface area contributed by atoms with Gasteiger partial charge in [0.15, 0.2) is 0 Å². The fourth-order valence-electron chi connectivity index (χ4n) is 3.97. The molecule has 0 amide bonds. The fourth-order valence-corrected chi connectivity index (χ4v) is 4.95. The van der Waals surface area contributed by atoms with E-state index in [4.69, 9.17) is 28.2 Å². The number of fused-ring (bicyclic) bond motifs is 1. The molecule has 126 valence electrons. The van der Waals surface area contributed by atoms with E-state index in [0.29, 0.717) is 10.0 Å². The summed E-state index contributed by atoms with van der Waals surface area (Å²) in [7, 11) is 0. The molecule has 1 saturated carbocycles. The Kier molecular flexibility index (Phi) is 4.59. The van der Waals surface area contributed by atoms with Crippen molar-refractivity contribution in [2.75, 3.05) is 5.32 Å². The molecule has 1 spiro atoms. The third-order valence-electron chi connectivity index (χ3n) is 5.21. The number of nitrogens with one attached hydrogen (secondary N) is 1. The van der Waals surface area contributed by atoms with E-state index in [0.717, 1.165) is 24.5 Å². The SMILES string of the molecule is Clc1cc2c(cc1Cl)NC(=NCc1cccs1)C1(CCCCC1)C2. The van der Waals surface area contributed by atoms with Crippen LogP contribution in [0.2, 0.25) is 10.0 Å². The molecule has 2 heterocycles. The summed E-state index contributed by atoms with van der Waals surface area (Å²) in [4.78, 5) is 6.29. The average Bonchev–Trinajstić information content (AvgIpc) is 3.09. The quantitative estimate of drug-likeness (QED) is 0.627. The van der Waals surface area contributed by atoms with Crippen LogP contribution in [-0.4, -0.2) is 5.84 Å². The second kappa shape index (κ2) is 6.70. The number of benzene rings is 1. The van der Waals surface area contributed by atoms with Crippen molar-refractivity contribution < 1.29 is 0 Å². The van der Waals surface area contributed by atoms with Gasteiger partial charge in [-0.25, -0.2) is 0 Å². The molecule has 1 N–H and O–H groups in total. The Labute approximate surface area is 156 Å². The Morgan fingerprint density at radius 3 is 2.67 bits per heavy atom. The molecule has 0 bridgehead atoms. The van der Waals surface area contributed by atoms with Gasteiger partial charge in [-0.15, -0.1) is 11.3 Å². The zero-order chi connectivity index (χ0) is 16.6. The third kappa shape index (κ3) is 3.10. The van der Waals surface area contributed by atoms with Gasteiger partial charge in [-0.05, 0) is 48.4 Å². The van der Waals surface area contributed by atoms with E-state index in [-0.39, 0.29) is 5.41 Å². The fraction of sp³-hybridized carbons (Fsp3) is 0.421. The van der Waals surface area contributed by atoms with Crippen LogP contribution >= 0.6 is 34.5 Å². The molecular formula is C19H20Cl2N2S. The van der Waals surface area contributed by atoms with Crippen LogP contribution in [0.25, 0.3) is 0 Å². The molecule has 4 rings (SSSR count). The largest absolute Gasteiger partial charge is 0.343 e. The van der Waals surface area contributed by atoms with Crippen LogP contribution in [0.1, 0.15) is 42.5 Å². The molecule has 1 aromatic carbocycles. The van der Waals surface area contributed by atoms with Crippen LogP contribution in [0.5, 0.6) is 0 Å². The molecule has 5 heteroatoms. The van der Waals surface area contributed by atoms with E-state index in [2.05, 4.69) is 22.8 Å². The van der Waals surface area contributed by atoms with E-state index in [1.54, 1.807) is 11.3 Å². The molecule has 1 aliphatic heterocycles. The van der Waals surface area contributed by atoms with Gasteiger partial charge in [0, 0.05) is 16.0 Å². The first-order valence-corrected chi connectivity index (χ1v) is 10.1. The van der Waals surface area contributed by atoms with Gasteiger partial charge in [0.1, 0.15) is 5.84 Å². The predicted molar refractivity (Wildman–Crippen MR) is 105 cm³/mol. The Balaban J connectivity index is 1.71. The second-order valence-corrected chi connectivity index (χ2v) is 8.66. The summed E-state index contributed by atoms with van der Waals surface area (Å²) in [5.74, 6) is 1.14. The molecule has 2 aromatic rings. The number of anilines is 1. The van der Waals surface area contributed by atoms with E-state index in [1.165, 1.54) is 42.5 Å². The van der Waals surface area contributed by atoms with E-state index >= 15 is 0 Å². The Morgan fingerprint density at radius 2 is 1.92 bits per heavy atom. The minimum atomic E-state index is 0.139. The summed E-state index contributed by atoms with van der Waals surface area (Å²) < 4.78 is 0. The first-order valence-electron chi connectivity index (χ1n) is 8.49. The predicted octanol–water partition coefficient (Wildman–Crippen LogP) is 6.57. The molecule has 0 saturated heterocycles. The number of hydrogen-bond donors (Lipinski definition) is 1. The summed E-state index contributed by atoms with van der Waals surface area (Å²) in [5.41, 5.74) is 2.46. The minimum Gasteiger partial charge on any atom is -0.343 e. The second-order valence-electron chi connectivity index (χ2n) is 6.81. The van der Waals surface area contributed by atoms with Gasteiger partial charge < -0.3 is 5.32 Å². The summed E-state index contributed by atoms with van der Waals surface area (Å²) in [6.45, 7) is 0.748. The summed E-state index contributed by atoms with van der Waals surface area (Å²) in [6, 6.07) is 8.20. The van der Waals surface area contributed by atoms with Crippen molar-refractivity contribution in [1.82, 2.24) is 0 Å². The van der Waals surface area contributed by atoms with Crippen LogP contribution in [0.4, 0.5) is 5.69 Å². The molecular weight excluding hydrogens is 359 g/mol. The smallest absolute Gasteiger partial charge is 0.108 e. The van der Waals surface area contributed by atoms with Crippen molar-refractivity contribution >= 4 is 46.1 Å². The zero-order valence-corrected chi connectivity index (χ0v) is 15.8. The Morgan fingerprint density at radius 1 is 1.12 bits per heavy atom. The number of thiophene rings is 1. The highest BCUT2D eigenvalue weighted by atomic mass is 35.5. The van der Waals surface area contributed by atoms with E-state index < -0.39 is 0 Å². The van der Waals surface area contributed by atoms with Gasteiger partial charge in [0.05, 0.1) is 16.6 Å². The first kappa shape index (κ1) is 16.4. The Hall–Kier alpha value is -1.03. The van der Waals surface area contributed by atoms with Crippen molar-refractivity contribution in [3.8, 4) is 0 Å². The minimum absolute atomic E-state index is 0.139. The van der Waals surface area contributed by atoms with E-state index in [9.17, 15) is 0 Å². The van der Waals surface area contributed by atoms with Gasteiger partial charge in [-0.2, -0.15) is 0 Å². The zero-order valence-electron chi connectivity index (χ0n) is 13.4. The Bertz CT molecular complexity index is 762.